The molecule has 134 valence electrons. The van der Waals surface area contributed by atoms with E-state index in [2.05, 4.69) is 5.32 Å². The van der Waals surface area contributed by atoms with Gasteiger partial charge in [-0.15, -0.1) is 0 Å². The van der Waals surface area contributed by atoms with Gasteiger partial charge in [-0.05, 0) is 49.9 Å². The Bertz CT molecular complexity index is 655. The SMILES string of the molecule is CC(Oc1ccc(Cl)cc1)C(=O)NCC1CCN(S(C)(=O)=O)CC1. The van der Waals surface area contributed by atoms with E-state index in [0.717, 1.165) is 12.8 Å². The molecule has 0 radical (unpaired) electrons. The highest BCUT2D eigenvalue weighted by atomic mass is 35.5. The first-order chi connectivity index (χ1) is 11.3. The van der Waals surface area contributed by atoms with Gasteiger partial charge in [-0.1, -0.05) is 11.6 Å². The molecule has 1 N–H and O–H groups in total. The van der Waals surface area contributed by atoms with E-state index in [0.29, 0.717) is 30.4 Å². The predicted octanol–water partition coefficient (Wildman–Crippen LogP) is 1.90. The van der Waals surface area contributed by atoms with Gasteiger partial charge in [0, 0.05) is 24.7 Å². The second-order valence-corrected chi connectivity index (χ2v) is 8.48. The summed E-state index contributed by atoms with van der Waals surface area (Å²) in [5.74, 6) is 0.689. The molecule has 1 atom stereocenters. The molecule has 0 spiro atoms. The molecule has 24 heavy (non-hydrogen) atoms. The summed E-state index contributed by atoms with van der Waals surface area (Å²) in [5, 5.41) is 3.49. The predicted molar refractivity (Wildman–Crippen MR) is 93.7 cm³/mol. The summed E-state index contributed by atoms with van der Waals surface area (Å²) in [4.78, 5) is 12.1. The van der Waals surface area contributed by atoms with Crippen LogP contribution in [0.1, 0.15) is 19.8 Å². The summed E-state index contributed by atoms with van der Waals surface area (Å²) < 4.78 is 30.0. The Morgan fingerprint density at radius 1 is 1.33 bits per heavy atom. The number of hydrogen-bond donors (Lipinski definition) is 1. The number of nitrogens with zero attached hydrogens (tertiary/aromatic N) is 1. The molecule has 0 aliphatic carbocycles. The van der Waals surface area contributed by atoms with Crippen molar-refractivity contribution in [1.82, 2.24) is 9.62 Å². The van der Waals surface area contributed by atoms with Gasteiger partial charge in [0.05, 0.1) is 6.26 Å². The molecule has 1 aliphatic rings. The van der Waals surface area contributed by atoms with Crippen LogP contribution in [0.4, 0.5) is 0 Å². The Labute approximate surface area is 148 Å². The number of sulfonamides is 1. The van der Waals surface area contributed by atoms with Crippen LogP contribution >= 0.6 is 11.6 Å². The standard InChI is InChI=1S/C16H23ClN2O4S/c1-12(23-15-5-3-14(17)4-6-15)16(20)18-11-13-7-9-19(10-8-13)24(2,21)22/h3-6,12-13H,7-11H2,1-2H3,(H,18,20). The fraction of sp³-hybridized carbons (Fsp3) is 0.562. The number of amides is 1. The van der Waals surface area contributed by atoms with Crippen LogP contribution < -0.4 is 10.1 Å². The molecule has 8 heteroatoms. The number of hydrogen-bond acceptors (Lipinski definition) is 4. The van der Waals surface area contributed by atoms with Crippen LogP contribution in [-0.4, -0.2) is 50.6 Å². The van der Waals surface area contributed by atoms with E-state index in [1.165, 1.54) is 10.6 Å². The van der Waals surface area contributed by atoms with Crippen LogP contribution in [0.3, 0.4) is 0 Å². The number of carbonyl (C=O) groups excluding carboxylic acids is 1. The zero-order valence-corrected chi connectivity index (χ0v) is 15.4. The number of carbonyl (C=O) groups is 1. The summed E-state index contributed by atoms with van der Waals surface area (Å²) in [6.07, 6.45) is 2.12. The van der Waals surface area contributed by atoms with Gasteiger partial charge in [-0.3, -0.25) is 4.79 Å². The van der Waals surface area contributed by atoms with Crippen LogP contribution in [0.15, 0.2) is 24.3 Å². The van der Waals surface area contributed by atoms with Crippen molar-refractivity contribution < 1.29 is 17.9 Å². The Kier molecular flexibility index (Phi) is 6.48. The Balaban J connectivity index is 1.74. The normalized spacial score (nSPS) is 18.1. The van der Waals surface area contributed by atoms with Crippen LogP contribution in [-0.2, 0) is 14.8 Å². The van der Waals surface area contributed by atoms with Gasteiger partial charge in [-0.2, -0.15) is 0 Å². The molecule has 6 nitrogen and oxygen atoms in total. The van der Waals surface area contributed by atoms with Crippen molar-refractivity contribution in [1.29, 1.82) is 0 Å². The van der Waals surface area contributed by atoms with E-state index in [1.807, 2.05) is 0 Å². The van der Waals surface area contributed by atoms with Gasteiger partial charge in [0.2, 0.25) is 10.0 Å². The molecule has 1 unspecified atom stereocenters. The molecular weight excluding hydrogens is 352 g/mol. The monoisotopic (exact) mass is 374 g/mol. The Hall–Kier alpha value is -1.31. The number of piperidine rings is 1. The molecule has 1 heterocycles. The van der Waals surface area contributed by atoms with Gasteiger partial charge in [0.1, 0.15) is 5.75 Å². The first kappa shape index (κ1) is 19.0. The van der Waals surface area contributed by atoms with E-state index in [4.69, 9.17) is 16.3 Å². The van der Waals surface area contributed by atoms with Crippen molar-refractivity contribution >= 4 is 27.5 Å². The summed E-state index contributed by atoms with van der Waals surface area (Å²) in [6, 6.07) is 6.84. The van der Waals surface area contributed by atoms with E-state index >= 15 is 0 Å². The van der Waals surface area contributed by atoms with Crippen molar-refractivity contribution in [2.45, 2.75) is 25.9 Å². The third-order valence-corrected chi connectivity index (χ3v) is 5.66. The smallest absolute Gasteiger partial charge is 0.260 e. The summed E-state index contributed by atoms with van der Waals surface area (Å²) >= 11 is 5.81. The van der Waals surface area contributed by atoms with Gasteiger partial charge in [0.15, 0.2) is 6.10 Å². The van der Waals surface area contributed by atoms with Gasteiger partial charge in [-0.25, -0.2) is 12.7 Å². The van der Waals surface area contributed by atoms with Crippen LogP contribution in [0.2, 0.25) is 5.02 Å². The second kappa shape index (κ2) is 8.18. The Morgan fingerprint density at radius 2 is 1.92 bits per heavy atom. The lowest BCUT2D eigenvalue weighted by atomic mass is 9.98. The minimum atomic E-state index is -3.12. The lowest BCUT2D eigenvalue weighted by molar-refractivity contribution is -0.127. The van der Waals surface area contributed by atoms with E-state index in [-0.39, 0.29) is 11.8 Å². The highest BCUT2D eigenvalue weighted by Gasteiger charge is 2.25. The van der Waals surface area contributed by atoms with Gasteiger partial charge < -0.3 is 10.1 Å². The minimum absolute atomic E-state index is 0.185. The zero-order chi connectivity index (χ0) is 17.7. The van der Waals surface area contributed by atoms with E-state index in [1.54, 1.807) is 31.2 Å². The number of halogens is 1. The van der Waals surface area contributed by atoms with Crippen LogP contribution in [0, 0.1) is 5.92 Å². The van der Waals surface area contributed by atoms with E-state index in [9.17, 15) is 13.2 Å². The number of benzene rings is 1. The lowest BCUT2D eigenvalue weighted by Gasteiger charge is -2.30. The molecule has 0 aromatic heterocycles. The van der Waals surface area contributed by atoms with Crippen LogP contribution in [0.25, 0.3) is 0 Å². The average Bonchev–Trinajstić information content (AvgIpc) is 2.54. The third kappa shape index (κ3) is 5.65. The molecule has 1 fully saturated rings. The summed E-state index contributed by atoms with van der Waals surface area (Å²) in [6.45, 7) is 3.24. The zero-order valence-electron chi connectivity index (χ0n) is 13.9. The fourth-order valence-corrected chi connectivity index (χ4v) is 3.60. The van der Waals surface area contributed by atoms with E-state index < -0.39 is 16.1 Å². The van der Waals surface area contributed by atoms with Crippen LogP contribution in [0.5, 0.6) is 5.75 Å². The highest BCUT2D eigenvalue weighted by Crippen LogP contribution is 2.19. The molecule has 1 amide bonds. The molecule has 1 aromatic carbocycles. The first-order valence-electron chi connectivity index (χ1n) is 7.91. The van der Waals surface area contributed by atoms with Crippen molar-refractivity contribution in [2.24, 2.45) is 5.92 Å². The largest absolute Gasteiger partial charge is 0.481 e. The van der Waals surface area contributed by atoms with Gasteiger partial charge in [0.25, 0.3) is 5.91 Å². The summed E-state index contributed by atoms with van der Waals surface area (Å²) in [5.41, 5.74) is 0. The number of rotatable bonds is 6. The Morgan fingerprint density at radius 3 is 2.46 bits per heavy atom. The molecule has 0 bridgehead atoms. The summed E-state index contributed by atoms with van der Waals surface area (Å²) in [7, 11) is -3.12. The van der Waals surface area contributed by atoms with Crippen molar-refractivity contribution in [2.75, 3.05) is 25.9 Å². The third-order valence-electron chi connectivity index (χ3n) is 4.10. The maximum atomic E-state index is 12.1. The van der Waals surface area contributed by atoms with Crippen molar-refractivity contribution in [3.63, 3.8) is 0 Å². The molecule has 0 saturated carbocycles. The number of ether oxygens (including phenoxy) is 1. The first-order valence-corrected chi connectivity index (χ1v) is 10.1. The molecule has 1 aromatic rings. The lowest BCUT2D eigenvalue weighted by Crippen LogP contribution is -2.43. The maximum Gasteiger partial charge on any atom is 0.260 e. The molecule has 2 rings (SSSR count). The molecule has 1 aliphatic heterocycles. The highest BCUT2D eigenvalue weighted by molar-refractivity contribution is 7.88. The topological polar surface area (TPSA) is 75.7 Å². The quantitative estimate of drug-likeness (QED) is 0.825. The minimum Gasteiger partial charge on any atom is -0.481 e. The number of nitrogens with one attached hydrogen (secondary N) is 1. The maximum absolute atomic E-state index is 12.1. The fourth-order valence-electron chi connectivity index (χ4n) is 2.60. The average molecular weight is 375 g/mol. The van der Waals surface area contributed by atoms with Crippen molar-refractivity contribution in [3.8, 4) is 5.75 Å². The molecule has 1 saturated heterocycles. The van der Waals surface area contributed by atoms with Crippen molar-refractivity contribution in [3.05, 3.63) is 29.3 Å². The van der Waals surface area contributed by atoms with Gasteiger partial charge >= 0.3 is 0 Å². The second-order valence-electron chi connectivity index (χ2n) is 6.06. The molecular formula is C16H23ClN2O4S.